The molecule has 0 amide bonds. The number of para-hydroxylation sites is 1. The number of carbonyl (C=O) groups excluding carboxylic acids is 2. The second kappa shape index (κ2) is 10.2. The average Bonchev–Trinajstić information content (AvgIpc) is 3.21. The van der Waals surface area contributed by atoms with Crippen LogP contribution in [-0.2, 0) is 25.2 Å². The van der Waals surface area contributed by atoms with Crippen LogP contribution in [0.25, 0.3) is 22.8 Å². The topological polar surface area (TPSA) is 70.4 Å². The summed E-state index contributed by atoms with van der Waals surface area (Å²) in [6.07, 6.45) is 0.427. The first-order chi connectivity index (χ1) is 14.7. The number of fused-ring (bicyclic) bond motifs is 1. The van der Waals surface area contributed by atoms with Crippen LogP contribution in [0.2, 0.25) is 0 Å². The zero-order valence-electron chi connectivity index (χ0n) is 16.7. The monoisotopic (exact) mass is 432 g/mol. The molecule has 0 spiro atoms. The van der Waals surface area contributed by atoms with Gasteiger partial charge in [-0.25, -0.2) is 14.6 Å². The van der Waals surface area contributed by atoms with Gasteiger partial charge >= 0.3 is 18.1 Å². The predicted molar refractivity (Wildman–Crippen MR) is 109 cm³/mol. The van der Waals surface area contributed by atoms with E-state index in [1.807, 2.05) is 30.3 Å². The van der Waals surface area contributed by atoms with Gasteiger partial charge in [0, 0.05) is 23.4 Å². The number of methoxy groups -OCH3 is 2. The Labute approximate surface area is 176 Å². The van der Waals surface area contributed by atoms with E-state index in [0.717, 1.165) is 30.0 Å². The highest BCUT2D eigenvalue weighted by molar-refractivity contribution is 5.93. The summed E-state index contributed by atoms with van der Waals surface area (Å²) in [5, 5.41) is 0. The number of benzene rings is 2. The van der Waals surface area contributed by atoms with Crippen molar-refractivity contribution in [3.05, 3.63) is 78.6 Å². The third kappa shape index (κ3) is 6.05. The summed E-state index contributed by atoms with van der Waals surface area (Å²) in [5.74, 6) is -1.05. The molecule has 0 atom stereocenters. The lowest BCUT2D eigenvalue weighted by molar-refractivity contribution is -0.137. The molecule has 0 aliphatic carbocycles. The summed E-state index contributed by atoms with van der Waals surface area (Å²) < 4.78 is 49.7. The molecule has 3 aromatic rings. The molecule has 162 valence electrons. The zero-order valence-corrected chi connectivity index (χ0v) is 16.7. The van der Waals surface area contributed by atoms with Crippen LogP contribution in [-0.4, -0.2) is 35.7 Å². The molecule has 9 heteroatoms. The van der Waals surface area contributed by atoms with Crippen molar-refractivity contribution in [2.75, 3.05) is 14.2 Å². The van der Waals surface area contributed by atoms with E-state index < -0.39 is 23.7 Å². The van der Waals surface area contributed by atoms with Gasteiger partial charge in [-0.05, 0) is 30.3 Å². The van der Waals surface area contributed by atoms with Gasteiger partial charge in [-0.3, -0.25) is 4.57 Å². The third-order valence-electron chi connectivity index (χ3n) is 4.00. The van der Waals surface area contributed by atoms with Gasteiger partial charge in [0.25, 0.3) is 0 Å². The van der Waals surface area contributed by atoms with Crippen molar-refractivity contribution in [2.45, 2.75) is 6.18 Å². The van der Waals surface area contributed by atoms with Crippen molar-refractivity contribution in [3.63, 3.8) is 0 Å². The summed E-state index contributed by atoms with van der Waals surface area (Å²) in [7, 11) is 2.51. The average molecular weight is 432 g/mol. The van der Waals surface area contributed by atoms with Gasteiger partial charge in [0.2, 0.25) is 0 Å². The summed E-state index contributed by atoms with van der Waals surface area (Å²) in [4.78, 5) is 25.3. The number of nitrogens with zero attached hydrogens (tertiary/aromatic N) is 2. The van der Waals surface area contributed by atoms with Crippen LogP contribution in [0.4, 0.5) is 13.2 Å². The number of ether oxygens (including phenoxy) is 2. The Bertz CT molecular complexity index is 1100. The Morgan fingerprint density at radius 1 is 1.06 bits per heavy atom. The molecule has 1 heterocycles. The number of alkyl halides is 3. The number of aromatic nitrogens is 2. The normalized spacial score (nSPS) is 11.0. The number of esters is 2. The smallest absolute Gasteiger partial charge is 0.416 e. The fourth-order valence-electron chi connectivity index (χ4n) is 2.56. The molecule has 0 fully saturated rings. The first-order valence-corrected chi connectivity index (χ1v) is 8.81. The number of hydrogen-bond acceptors (Lipinski definition) is 5. The third-order valence-corrected chi connectivity index (χ3v) is 4.00. The van der Waals surface area contributed by atoms with Gasteiger partial charge in [-0.2, -0.15) is 13.2 Å². The van der Waals surface area contributed by atoms with E-state index in [9.17, 15) is 22.8 Å². The molecule has 3 rings (SSSR count). The lowest BCUT2D eigenvalue weighted by atomic mass is 10.1. The van der Waals surface area contributed by atoms with Gasteiger partial charge in [0.05, 0.1) is 30.8 Å². The van der Waals surface area contributed by atoms with Crippen LogP contribution in [0, 0.1) is 0 Å². The van der Waals surface area contributed by atoms with E-state index in [2.05, 4.69) is 21.0 Å². The number of hydrogen-bond donors (Lipinski definition) is 0. The fraction of sp³-hybridized carbons (Fsp3) is 0.136. The van der Waals surface area contributed by atoms with E-state index in [-0.39, 0.29) is 11.1 Å². The van der Waals surface area contributed by atoms with E-state index >= 15 is 0 Å². The number of carbonyl (C=O) groups is 2. The summed E-state index contributed by atoms with van der Waals surface area (Å²) >= 11 is 0. The van der Waals surface area contributed by atoms with E-state index in [4.69, 9.17) is 0 Å². The van der Waals surface area contributed by atoms with Gasteiger partial charge in [-0.15, -0.1) is 0 Å². The Morgan fingerprint density at radius 2 is 1.71 bits per heavy atom. The van der Waals surface area contributed by atoms with Crippen molar-refractivity contribution in [1.29, 1.82) is 0 Å². The Balaban J connectivity index is 0.000000501. The van der Waals surface area contributed by atoms with Crippen molar-refractivity contribution in [3.8, 4) is 5.69 Å². The zero-order chi connectivity index (χ0) is 23.0. The molecule has 2 aromatic carbocycles. The van der Waals surface area contributed by atoms with Gasteiger partial charge in [-0.1, -0.05) is 24.8 Å². The lowest BCUT2D eigenvalue weighted by Crippen LogP contribution is -2.06. The van der Waals surface area contributed by atoms with Gasteiger partial charge in [0.15, 0.2) is 0 Å². The standard InChI is InChI=1S/C18H13F3N2O2.C4H6O2/c1-25-16(24)8-7-12-9-13(18(19,20)21)10-15-17(12)23(11-22-15)14-5-3-2-4-6-14;1-3-4(5)6-2/h2-11H,1H3;3H,1H2,2H3. The maximum Gasteiger partial charge on any atom is 0.416 e. The molecule has 0 unspecified atom stereocenters. The fourth-order valence-corrected chi connectivity index (χ4v) is 2.56. The summed E-state index contributed by atoms with van der Waals surface area (Å²) in [6, 6.07) is 11.1. The predicted octanol–water partition coefficient (Wildman–Crippen LogP) is 4.58. The molecule has 0 aliphatic rings. The van der Waals surface area contributed by atoms with Gasteiger partial charge < -0.3 is 9.47 Å². The van der Waals surface area contributed by atoms with E-state index in [0.29, 0.717) is 5.52 Å². The highest BCUT2D eigenvalue weighted by atomic mass is 19.4. The SMILES string of the molecule is C=CC(=O)OC.COC(=O)C=Cc1cc(C(F)(F)F)cc2ncn(-c3ccccc3)c12. The van der Waals surface area contributed by atoms with Crippen LogP contribution in [0.1, 0.15) is 11.1 Å². The molecule has 0 N–H and O–H groups in total. The Hall–Kier alpha value is -3.88. The maximum absolute atomic E-state index is 13.1. The van der Waals surface area contributed by atoms with Crippen LogP contribution in [0.5, 0.6) is 0 Å². The van der Waals surface area contributed by atoms with Crippen molar-refractivity contribution < 1.29 is 32.2 Å². The Kier molecular flexibility index (Phi) is 7.73. The van der Waals surface area contributed by atoms with Crippen molar-refractivity contribution in [2.24, 2.45) is 0 Å². The molecule has 1 aromatic heterocycles. The highest BCUT2D eigenvalue weighted by Gasteiger charge is 2.32. The lowest BCUT2D eigenvalue weighted by Gasteiger charge is -2.11. The molecule has 0 aliphatic heterocycles. The minimum atomic E-state index is -4.52. The van der Waals surface area contributed by atoms with Crippen molar-refractivity contribution >= 4 is 29.0 Å². The number of halogens is 3. The van der Waals surface area contributed by atoms with Gasteiger partial charge in [0.1, 0.15) is 6.33 Å². The first kappa shape index (κ1) is 23.4. The summed E-state index contributed by atoms with van der Waals surface area (Å²) in [6.45, 7) is 3.16. The Morgan fingerprint density at radius 3 is 2.23 bits per heavy atom. The maximum atomic E-state index is 13.1. The number of imidazole rings is 1. The van der Waals surface area contributed by atoms with Crippen LogP contribution in [0.3, 0.4) is 0 Å². The van der Waals surface area contributed by atoms with E-state index in [1.165, 1.54) is 26.6 Å². The van der Waals surface area contributed by atoms with Crippen LogP contribution >= 0.6 is 0 Å². The quantitative estimate of drug-likeness (QED) is 0.446. The largest absolute Gasteiger partial charge is 0.466 e. The molecule has 0 saturated heterocycles. The second-order valence-electron chi connectivity index (χ2n) is 5.96. The summed E-state index contributed by atoms with van der Waals surface area (Å²) in [5.41, 5.74) is 0.791. The van der Waals surface area contributed by atoms with Crippen LogP contribution < -0.4 is 0 Å². The molecule has 0 radical (unpaired) electrons. The second-order valence-corrected chi connectivity index (χ2v) is 5.96. The molecule has 0 bridgehead atoms. The highest BCUT2D eigenvalue weighted by Crippen LogP contribution is 2.34. The minimum Gasteiger partial charge on any atom is -0.466 e. The minimum absolute atomic E-state index is 0.184. The molecular weight excluding hydrogens is 413 g/mol. The first-order valence-electron chi connectivity index (χ1n) is 8.81. The molecule has 6 nitrogen and oxygen atoms in total. The molecule has 0 saturated carbocycles. The van der Waals surface area contributed by atoms with Crippen molar-refractivity contribution in [1.82, 2.24) is 9.55 Å². The van der Waals surface area contributed by atoms with Crippen LogP contribution in [0.15, 0.2) is 67.5 Å². The van der Waals surface area contributed by atoms with E-state index in [1.54, 1.807) is 4.57 Å². The molecule has 31 heavy (non-hydrogen) atoms. The molecular formula is C22H19F3N2O4. The number of rotatable bonds is 4.